The van der Waals surface area contributed by atoms with Gasteiger partial charge in [-0.3, -0.25) is 0 Å². The normalized spacial score (nSPS) is 26.3. The molecule has 4 fully saturated rings. The Labute approximate surface area is 208 Å². The van der Waals surface area contributed by atoms with Crippen LogP contribution in [0.4, 0.5) is 0 Å². The number of ether oxygens (including phenoxy) is 1. The summed E-state index contributed by atoms with van der Waals surface area (Å²) in [5, 5.41) is 18.5. The van der Waals surface area contributed by atoms with Gasteiger partial charge in [0.25, 0.3) is 0 Å². The maximum absolute atomic E-state index is 11.6. The van der Waals surface area contributed by atoms with E-state index in [0.717, 1.165) is 54.7 Å². The fraction of sp³-hybridized carbons (Fsp3) is 0.516. The SMILES string of the molecule is O=C(O)c1ccccc1C#Cc1ccc(OCCCCCCO)c(C23CC4CC(CC(C4)C2)C3)c1. The Balaban J connectivity index is 1.43. The summed E-state index contributed by atoms with van der Waals surface area (Å²) in [6, 6.07) is 13.3. The maximum Gasteiger partial charge on any atom is 0.336 e. The number of unbranched alkanes of at least 4 members (excludes halogenated alkanes) is 3. The highest BCUT2D eigenvalue weighted by molar-refractivity contribution is 5.90. The van der Waals surface area contributed by atoms with Crippen molar-refractivity contribution >= 4 is 5.97 Å². The highest BCUT2D eigenvalue weighted by Crippen LogP contribution is 2.62. The zero-order valence-electron chi connectivity index (χ0n) is 20.5. The molecule has 0 aliphatic heterocycles. The lowest BCUT2D eigenvalue weighted by Crippen LogP contribution is -2.48. The van der Waals surface area contributed by atoms with Gasteiger partial charge >= 0.3 is 5.97 Å². The molecule has 0 unspecified atom stereocenters. The molecule has 0 atom stereocenters. The molecular weight excluding hydrogens is 436 g/mol. The van der Waals surface area contributed by atoms with Crippen molar-refractivity contribution in [2.24, 2.45) is 17.8 Å². The van der Waals surface area contributed by atoms with Crippen LogP contribution in [0.5, 0.6) is 5.75 Å². The number of aliphatic hydroxyl groups is 1. The number of aliphatic hydroxyl groups excluding tert-OH is 1. The number of carboxylic acids is 1. The fourth-order valence-corrected chi connectivity index (χ4v) is 7.26. The maximum atomic E-state index is 11.6. The summed E-state index contributed by atoms with van der Waals surface area (Å²) in [7, 11) is 0. The van der Waals surface area contributed by atoms with Gasteiger partial charge in [0.15, 0.2) is 0 Å². The van der Waals surface area contributed by atoms with Crippen molar-refractivity contribution < 1.29 is 19.7 Å². The minimum Gasteiger partial charge on any atom is -0.493 e. The molecule has 4 aliphatic rings. The van der Waals surface area contributed by atoms with Crippen molar-refractivity contribution in [2.45, 2.75) is 69.6 Å². The molecule has 4 bridgehead atoms. The van der Waals surface area contributed by atoms with Crippen LogP contribution in [0.1, 0.15) is 91.3 Å². The van der Waals surface area contributed by atoms with E-state index >= 15 is 0 Å². The molecule has 0 heterocycles. The third-order valence-electron chi connectivity index (χ3n) is 8.40. The number of hydrogen-bond acceptors (Lipinski definition) is 3. The summed E-state index contributed by atoms with van der Waals surface area (Å²) in [4.78, 5) is 11.6. The van der Waals surface area contributed by atoms with Crippen molar-refractivity contribution in [3.05, 3.63) is 64.7 Å². The molecule has 6 rings (SSSR count). The van der Waals surface area contributed by atoms with E-state index in [4.69, 9.17) is 9.84 Å². The van der Waals surface area contributed by atoms with E-state index < -0.39 is 5.97 Å². The van der Waals surface area contributed by atoms with E-state index in [-0.39, 0.29) is 17.6 Å². The van der Waals surface area contributed by atoms with E-state index in [1.165, 1.54) is 44.1 Å². The van der Waals surface area contributed by atoms with Gasteiger partial charge in [0.05, 0.1) is 12.2 Å². The minimum atomic E-state index is -0.952. The lowest BCUT2D eigenvalue weighted by atomic mass is 9.48. The van der Waals surface area contributed by atoms with Crippen molar-refractivity contribution in [3.63, 3.8) is 0 Å². The zero-order chi connectivity index (χ0) is 24.3. The van der Waals surface area contributed by atoms with Gasteiger partial charge in [-0.2, -0.15) is 0 Å². The standard InChI is InChI=1S/C31H36O4/c32-13-5-1-2-6-14-35-29-12-10-22(9-11-26-7-3-4-8-27(26)30(33)34)18-28(29)31-19-23-15-24(20-31)17-25(16-23)21-31/h3-4,7-8,10,12,18,23-25,32H,1-2,5-6,13-17,19-21H2,(H,33,34). The van der Waals surface area contributed by atoms with Gasteiger partial charge in [-0.25, -0.2) is 4.79 Å². The van der Waals surface area contributed by atoms with Gasteiger partial charge in [-0.05, 0) is 111 Å². The number of carbonyl (C=O) groups is 1. The minimum absolute atomic E-state index is 0.192. The molecule has 4 nitrogen and oxygen atoms in total. The van der Waals surface area contributed by atoms with Gasteiger partial charge in [0.1, 0.15) is 5.75 Å². The van der Waals surface area contributed by atoms with Crippen LogP contribution in [0.25, 0.3) is 0 Å². The van der Waals surface area contributed by atoms with Crippen molar-refractivity contribution in [1.29, 1.82) is 0 Å². The number of aromatic carboxylic acids is 1. The molecular formula is C31H36O4. The highest BCUT2D eigenvalue weighted by Gasteiger charge is 2.52. The first-order chi connectivity index (χ1) is 17.1. The van der Waals surface area contributed by atoms with Gasteiger partial charge in [-0.15, -0.1) is 0 Å². The molecule has 35 heavy (non-hydrogen) atoms. The van der Waals surface area contributed by atoms with E-state index in [2.05, 4.69) is 24.0 Å². The predicted molar refractivity (Wildman–Crippen MR) is 137 cm³/mol. The Morgan fingerprint density at radius 1 is 0.914 bits per heavy atom. The third kappa shape index (κ3) is 5.26. The summed E-state index contributed by atoms with van der Waals surface area (Å²) >= 11 is 0. The number of benzene rings is 2. The smallest absolute Gasteiger partial charge is 0.336 e. The van der Waals surface area contributed by atoms with Crippen LogP contribution in [0.15, 0.2) is 42.5 Å². The van der Waals surface area contributed by atoms with Crippen molar-refractivity contribution in [2.75, 3.05) is 13.2 Å². The van der Waals surface area contributed by atoms with Crippen LogP contribution in [0.2, 0.25) is 0 Å². The first-order valence-electron chi connectivity index (χ1n) is 13.3. The number of rotatable bonds is 9. The topological polar surface area (TPSA) is 66.8 Å². The molecule has 2 aromatic carbocycles. The molecule has 2 aromatic rings. The second kappa shape index (κ2) is 10.5. The van der Waals surface area contributed by atoms with Gasteiger partial charge in [0.2, 0.25) is 0 Å². The quantitative estimate of drug-likeness (QED) is 0.338. The van der Waals surface area contributed by atoms with Crippen molar-refractivity contribution in [3.8, 4) is 17.6 Å². The van der Waals surface area contributed by atoms with Crippen LogP contribution in [-0.2, 0) is 5.41 Å². The van der Waals surface area contributed by atoms with E-state index in [1.54, 1.807) is 18.2 Å². The summed E-state index contributed by atoms with van der Waals surface area (Å²) in [5.74, 6) is 8.93. The largest absolute Gasteiger partial charge is 0.493 e. The molecule has 0 amide bonds. The van der Waals surface area contributed by atoms with Crippen LogP contribution >= 0.6 is 0 Å². The molecule has 184 valence electrons. The Morgan fingerprint density at radius 3 is 2.29 bits per heavy atom. The van der Waals surface area contributed by atoms with Gasteiger partial charge < -0.3 is 14.9 Å². The van der Waals surface area contributed by atoms with Crippen LogP contribution in [0.3, 0.4) is 0 Å². The molecule has 0 radical (unpaired) electrons. The lowest BCUT2D eigenvalue weighted by Gasteiger charge is -2.57. The van der Waals surface area contributed by atoms with Crippen molar-refractivity contribution in [1.82, 2.24) is 0 Å². The third-order valence-corrected chi connectivity index (χ3v) is 8.40. The fourth-order valence-electron chi connectivity index (χ4n) is 7.26. The molecule has 0 aromatic heterocycles. The van der Waals surface area contributed by atoms with Crippen LogP contribution < -0.4 is 4.74 Å². The molecule has 4 saturated carbocycles. The molecule has 0 saturated heterocycles. The highest BCUT2D eigenvalue weighted by atomic mass is 16.5. The average Bonchev–Trinajstić information content (AvgIpc) is 2.84. The average molecular weight is 473 g/mol. The van der Waals surface area contributed by atoms with Crippen LogP contribution in [0, 0.1) is 29.6 Å². The van der Waals surface area contributed by atoms with E-state index in [0.29, 0.717) is 12.2 Å². The first-order valence-corrected chi connectivity index (χ1v) is 13.3. The molecule has 0 spiro atoms. The summed E-state index contributed by atoms with van der Waals surface area (Å²) < 4.78 is 6.39. The summed E-state index contributed by atoms with van der Waals surface area (Å²) in [6.07, 6.45) is 11.9. The number of hydrogen-bond donors (Lipinski definition) is 2. The number of carboxylic acid groups (broad SMARTS) is 1. The Hall–Kier alpha value is -2.77. The van der Waals surface area contributed by atoms with Gasteiger partial charge in [-0.1, -0.05) is 30.4 Å². The monoisotopic (exact) mass is 472 g/mol. The summed E-state index contributed by atoms with van der Waals surface area (Å²) in [5.41, 5.74) is 3.22. The first kappa shape index (κ1) is 23.9. The van der Waals surface area contributed by atoms with Gasteiger partial charge in [0, 0.05) is 23.3 Å². The molecule has 4 aliphatic carbocycles. The molecule has 2 N–H and O–H groups in total. The van der Waals surface area contributed by atoms with Crippen LogP contribution in [-0.4, -0.2) is 29.4 Å². The summed E-state index contributed by atoms with van der Waals surface area (Å²) in [6.45, 7) is 0.957. The second-order valence-corrected chi connectivity index (χ2v) is 11.0. The predicted octanol–water partition coefficient (Wildman–Crippen LogP) is 6.18. The second-order valence-electron chi connectivity index (χ2n) is 11.0. The molecule has 4 heteroatoms. The zero-order valence-corrected chi connectivity index (χ0v) is 20.5. The van der Waals surface area contributed by atoms with E-state index in [1.807, 2.05) is 12.1 Å². The Kier molecular flexibility index (Phi) is 7.16. The lowest BCUT2D eigenvalue weighted by molar-refractivity contribution is -0.00641. The Morgan fingerprint density at radius 2 is 1.60 bits per heavy atom. The van der Waals surface area contributed by atoms with E-state index in [9.17, 15) is 9.90 Å². The Bertz CT molecular complexity index is 1090.